The van der Waals surface area contributed by atoms with Crippen LogP contribution in [0.5, 0.6) is 0 Å². The average molecular weight is 406 g/mol. The number of nitriles is 1. The fraction of sp³-hybridized carbons (Fsp3) is 0.542. The molecule has 6 heteroatoms. The number of nitrogens with zero attached hydrogens (tertiary/aromatic N) is 4. The van der Waals surface area contributed by atoms with Crippen molar-refractivity contribution in [3.8, 4) is 17.3 Å². The Labute approximate surface area is 178 Å². The van der Waals surface area contributed by atoms with Gasteiger partial charge >= 0.3 is 0 Å². The van der Waals surface area contributed by atoms with Crippen LogP contribution in [0.4, 0.5) is 0 Å². The van der Waals surface area contributed by atoms with E-state index < -0.39 is 0 Å². The van der Waals surface area contributed by atoms with Crippen molar-refractivity contribution in [2.45, 2.75) is 70.0 Å². The molecule has 1 aromatic carbocycles. The van der Waals surface area contributed by atoms with E-state index in [0.717, 1.165) is 37.1 Å². The topological polar surface area (TPSA) is 74.0 Å². The molecule has 1 aromatic heterocycles. The lowest BCUT2D eigenvalue weighted by Crippen LogP contribution is -2.48. The first-order valence-electron chi connectivity index (χ1n) is 11.0. The number of carbonyl (C=O) groups is 1. The van der Waals surface area contributed by atoms with E-state index >= 15 is 0 Å². The molecule has 1 N–H and O–H groups in total. The molecule has 2 fully saturated rings. The molecule has 6 nitrogen and oxygen atoms in total. The van der Waals surface area contributed by atoms with Crippen LogP contribution in [0.15, 0.2) is 36.4 Å². The van der Waals surface area contributed by atoms with Gasteiger partial charge in [-0.15, -0.1) is 0 Å². The number of rotatable bonds is 8. The summed E-state index contributed by atoms with van der Waals surface area (Å²) in [5.74, 6) is 0.655. The minimum atomic E-state index is -0.260. The van der Waals surface area contributed by atoms with E-state index in [2.05, 4.69) is 48.1 Å². The molecule has 0 radical (unpaired) electrons. The molecule has 2 aliphatic rings. The second-order valence-corrected chi connectivity index (χ2v) is 9.18. The van der Waals surface area contributed by atoms with Gasteiger partial charge in [0.15, 0.2) is 0 Å². The Morgan fingerprint density at radius 2 is 2.03 bits per heavy atom. The molecule has 2 aromatic rings. The molecule has 1 amide bonds. The number of benzene rings is 1. The van der Waals surface area contributed by atoms with Crippen LogP contribution in [-0.4, -0.2) is 45.3 Å². The van der Waals surface area contributed by atoms with Crippen molar-refractivity contribution in [3.63, 3.8) is 0 Å². The molecular formula is C24H31N5O. The summed E-state index contributed by atoms with van der Waals surface area (Å²) in [6, 6.07) is 14.6. The van der Waals surface area contributed by atoms with Crippen molar-refractivity contribution in [2.24, 2.45) is 0 Å². The largest absolute Gasteiger partial charge is 0.326 e. The molecule has 1 saturated carbocycles. The first kappa shape index (κ1) is 20.6. The van der Waals surface area contributed by atoms with Gasteiger partial charge in [0.1, 0.15) is 6.04 Å². The van der Waals surface area contributed by atoms with Gasteiger partial charge < -0.3 is 10.2 Å². The Balaban J connectivity index is 1.37. The van der Waals surface area contributed by atoms with Crippen molar-refractivity contribution >= 4 is 5.91 Å². The Bertz CT molecular complexity index is 923. The highest BCUT2D eigenvalue weighted by atomic mass is 16.2. The first-order chi connectivity index (χ1) is 14.5. The summed E-state index contributed by atoms with van der Waals surface area (Å²) in [5.41, 5.74) is 3.32. The number of likely N-dealkylation sites (tertiary alicyclic amines) is 1. The predicted octanol–water partition coefficient (Wildman–Crippen LogP) is 3.70. The fourth-order valence-electron chi connectivity index (χ4n) is 4.16. The zero-order valence-electron chi connectivity index (χ0n) is 18.0. The van der Waals surface area contributed by atoms with E-state index in [1.165, 1.54) is 18.5 Å². The number of nitrogens with one attached hydrogen (secondary N) is 1. The highest BCUT2D eigenvalue weighted by molar-refractivity contribution is 5.79. The van der Waals surface area contributed by atoms with Gasteiger partial charge in [-0.25, -0.2) is 0 Å². The van der Waals surface area contributed by atoms with Crippen LogP contribution in [0.1, 0.15) is 57.6 Å². The van der Waals surface area contributed by atoms with Crippen molar-refractivity contribution in [1.29, 1.82) is 5.26 Å². The van der Waals surface area contributed by atoms with Gasteiger partial charge in [-0.3, -0.25) is 9.48 Å². The summed E-state index contributed by atoms with van der Waals surface area (Å²) in [6.07, 6.45) is 5.06. The van der Waals surface area contributed by atoms with Crippen LogP contribution >= 0.6 is 0 Å². The van der Waals surface area contributed by atoms with Crippen molar-refractivity contribution in [1.82, 2.24) is 20.0 Å². The summed E-state index contributed by atoms with van der Waals surface area (Å²) >= 11 is 0. The number of hydrogen-bond donors (Lipinski definition) is 1. The zero-order valence-corrected chi connectivity index (χ0v) is 18.0. The summed E-state index contributed by atoms with van der Waals surface area (Å²) < 4.78 is 2.16. The molecular weight excluding hydrogens is 374 g/mol. The van der Waals surface area contributed by atoms with E-state index in [-0.39, 0.29) is 24.0 Å². The van der Waals surface area contributed by atoms with Crippen molar-refractivity contribution in [3.05, 3.63) is 42.1 Å². The highest BCUT2D eigenvalue weighted by Gasteiger charge is 2.31. The fourth-order valence-corrected chi connectivity index (χ4v) is 4.16. The third kappa shape index (κ3) is 4.73. The first-order valence-corrected chi connectivity index (χ1v) is 11.0. The second-order valence-electron chi connectivity index (χ2n) is 9.18. The quantitative estimate of drug-likeness (QED) is 0.727. The van der Waals surface area contributed by atoms with Gasteiger partial charge in [0.2, 0.25) is 5.91 Å². The van der Waals surface area contributed by atoms with E-state index in [9.17, 15) is 10.1 Å². The molecule has 1 atom stereocenters. The van der Waals surface area contributed by atoms with Gasteiger partial charge in [0.25, 0.3) is 0 Å². The molecule has 1 saturated heterocycles. The number of hydrogen-bond acceptors (Lipinski definition) is 4. The number of aromatic nitrogens is 2. The molecule has 2 heterocycles. The van der Waals surface area contributed by atoms with E-state index in [0.29, 0.717) is 12.5 Å². The Kier molecular flexibility index (Phi) is 5.92. The maximum absolute atomic E-state index is 12.5. The number of carbonyl (C=O) groups excluding carboxylic acids is 1. The van der Waals surface area contributed by atoms with E-state index in [1.54, 1.807) is 4.90 Å². The van der Waals surface area contributed by atoms with Crippen molar-refractivity contribution in [2.75, 3.05) is 13.1 Å². The molecule has 1 aliphatic heterocycles. The molecule has 1 aliphatic carbocycles. The van der Waals surface area contributed by atoms with Crippen LogP contribution in [0.2, 0.25) is 0 Å². The molecule has 4 rings (SSSR count). The lowest BCUT2D eigenvalue weighted by Gasteiger charge is -2.28. The average Bonchev–Trinajstić information content (AvgIpc) is 3.33. The Morgan fingerprint density at radius 3 is 2.73 bits per heavy atom. The van der Waals surface area contributed by atoms with Gasteiger partial charge in [0, 0.05) is 35.8 Å². The molecule has 158 valence electrons. The highest BCUT2D eigenvalue weighted by Crippen LogP contribution is 2.41. The minimum Gasteiger partial charge on any atom is -0.326 e. The molecule has 30 heavy (non-hydrogen) atoms. The second kappa shape index (κ2) is 8.61. The van der Waals surface area contributed by atoms with Gasteiger partial charge in [-0.2, -0.15) is 10.4 Å². The third-order valence-electron chi connectivity index (χ3n) is 6.27. The normalized spacial score (nSPS) is 19.1. The standard InChI is InChI=1S/C24H31N5O/c1-24(2,26-17-23(30)28-13-6-9-20(28)16-25)12-14-29-22(19-10-11-19)15-21(27-29)18-7-4-3-5-8-18/h3-5,7-8,15,19-20,26H,6,9-14,17H2,1-2H3. The van der Waals surface area contributed by atoms with Crippen LogP contribution < -0.4 is 5.32 Å². The molecule has 1 unspecified atom stereocenters. The van der Waals surface area contributed by atoms with Gasteiger partial charge in [0.05, 0.1) is 18.3 Å². The SMILES string of the molecule is CC(C)(CCn1nc(-c2ccccc2)cc1C1CC1)NCC(=O)N1CCCC1C#N. The van der Waals surface area contributed by atoms with Crippen LogP contribution in [0, 0.1) is 11.3 Å². The maximum Gasteiger partial charge on any atom is 0.237 e. The summed E-state index contributed by atoms with van der Waals surface area (Å²) in [7, 11) is 0. The van der Waals surface area contributed by atoms with Gasteiger partial charge in [-0.1, -0.05) is 30.3 Å². The van der Waals surface area contributed by atoms with Crippen LogP contribution in [0.25, 0.3) is 11.3 Å². The Hall–Kier alpha value is -2.65. The lowest BCUT2D eigenvalue weighted by atomic mass is 10.0. The lowest BCUT2D eigenvalue weighted by molar-refractivity contribution is -0.130. The minimum absolute atomic E-state index is 0.0243. The Morgan fingerprint density at radius 1 is 1.27 bits per heavy atom. The third-order valence-corrected chi connectivity index (χ3v) is 6.27. The number of amides is 1. The zero-order chi connectivity index (χ0) is 21.1. The molecule has 0 spiro atoms. The summed E-state index contributed by atoms with van der Waals surface area (Å²) in [6.45, 7) is 6.04. The predicted molar refractivity (Wildman–Crippen MR) is 117 cm³/mol. The molecule has 0 bridgehead atoms. The van der Waals surface area contributed by atoms with E-state index in [1.807, 2.05) is 18.2 Å². The summed E-state index contributed by atoms with van der Waals surface area (Å²) in [4.78, 5) is 14.3. The van der Waals surface area contributed by atoms with Gasteiger partial charge in [-0.05, 0) is 52.0 Å². The van der Waals surface area contributed by atoms with Crippen molar-refractivity contribution < 1.29 is 4.79 Å². The van der Waals surface area contributed by atoms with Crippen LogP contribution in [-0.2, 0) is 11.3 Å². The van der Waals surface area contributed by atoms with E-state index in [4.69, 9.17) is 5.10 Å². The summed E-state index contributed by atoms with van der Waals surface area (Å²) in [5, 5.41) is 17.5. The maximum atomic E-state index is 12.5. The van der Waals surface area contributed by atoms with Crippen LogP contribution in [0.3, 0.4) is 0 Å². The monoisotopic (exact) mass is 405 g/mol. The number of aryl methyl sites for hydroxylation is 1. The smallest absolute Gasteiger partial charge is 0.237 e.